The molecule has 4 atom stereocenters. The van der Waals surface area contributed by atoms with Crippen molar-refractivity contribution in [3.8, 4) is 0 Å². The largest absolute Gasteiger partial charge is 0.459 e. The first-order valence-electron chi connectivity index (χ1n) is 14.3. The standard InChI is InChI=1S/C32H42NO6/c1-4-28-23-29(22-24(2)33(28)19-11-12-20-33)38-31(36)32(26-14-7-5-8-15-26,27-16-9-6-10-17-27)39-25(3)37-30(35)18-13-21-34/h5-10,14-17,21,24-25,28-29H,4,11-13,18-20,22-23H2,1-3H3/q+1. The fraction of sp³-hybridized carbons (Fsp3) is 0.531. The number of ether oxygens (including phenoxy) is 3. The molecule has 4 rings (SSSR count). The SMILES string of the molecule is CCC1CC(OC(=O)C(OC(C)OC(=O)CCC=O)(c2ccccc2)c2ccccc2)CC(C)[N+]12CCCC2. The van der Waals surface area contributed by atoms with E-state index in [1.54, 1.807) is 6.92 Å². The van der Waals surface area contributed by atoms with E-state index >= 15 is 0 Å². The van der Waals surface area contributed by atoms with Crippen molar-refractivity contribution in [3.63, 3.8) is 0 Å². The van der Waals surface area contributed by atoms with E-state index < -0.39 is 23.8 Å². The quantitative estimate of drug-likeness (QED) is 0.168. The van der Waals surface area contributed by atoms with Crippen LogP contribution >= 0.6 is 0 Å². The van der Waals surface area contributed by atoms with Crippen LogP contribution in [0.5, 0.6) is 0 Å². The number of hydrogen-bond donors (Lipinski definition) is 0. The van der Waals surface area contributed by atoms with E-state index in [0.717, 1.165) is 23.7 Å². The lowest BCUT2D eigenvalue weighted by Gasteiger charge is -2.51. The molecule has 2 aromatic rings. The van der Waals surface area contributed by atoms with Gasteiger partial charge in [-0.15, -0.1) is 0 Å². The Balaban J connectivity index is 1.66. The number of aldehydes is 1. The summed E-state index contributed by atoms with van der Waals surface area (Å²) in [4.78, 5) is 37.4. The van der Waals surface area contributed by atoms with E-state index in [1.807, 2.05) is 60.7 Å². The minimum absolute atomic E-state index is 0.0519. The van der Waals surface area contributed by atoms with Crippen LogP contribution in [-0.2, 0) is 34.2 Å². The summed E-state index contributed by atoms with van der Waals surface area (Å²) in [5.74, 6) is -1.08. The average molecular weight is 537 g/mol. The lowest BCUT2D eigenvalue weighted by Crippen LogP contribution is -2.63. The summed E-state index contributed by atoms with van der Waals surface area (Å²) < 4.78 is 19.4. The monoisotopic (exact) mass is 536 g/mol. The summed E-state index contributed by atoms with van der Waals surface area (Å²) in [6, 6.07) is 19.3. The van der Waals surface area contributed by atoms with Crippen molar-refractivity contribution in [2.75, 3.05) is 13.1 Å². The normalized spacial score (nSPS) is 23.2. The van der Waals surface area contributed by atoms with Gasteiger partial charge < -0.3 is 23.5 Å². The topological polar surface area (TPSA) is 78.9 Å². The van der Waals surface area contributed by atoms with Crippen molar-refractivity contribution in [2.45, 2.75) is 95.8 Å². The molecule has 2 saturated heterocycles. The number of carbonyl (C=O) groups excluding carboxylic acids is 3. The minimum Gasteiger partial charge on any atom is -0.459 e. The summed E-state index contributed by atoms with van der Waals surface area (Å²) in [6.07, 6.45) is 4.57. The highest BCUT2D eigenvalue weighted by Crippen LogP contribution is 2.41. The third kappa shape index (κ3) is 6.10. The van der Waals surface area contributed by atoms with Crippen LogP contribution in [0.1, 0.15) is 76.8 Å². The van der Waals surface area contributed by atoms with Crippen LogP contribution in [-0.4, -0.2) is 60.3 Å². The fourth-order valence-electron chi connectivity index (χ4n) is 6.78. The zero-order valence-electron chi connectivity index (χ0n) is 23.4. The molecule has 0 amide bonds. The molecule has 0 saturated carbocycles. The molecule has 2 fully saturated rings. The van der Waals surface area contributed by atoms with E-state index in [2.05, 4.69) is 13.8 Å². The van der Waals surface area contributed by atoms with Crippen molar-refractivity contribution >= 4 is 18.2 Å². The molecule has 0 aromatic heterocycles. The van der Waals surface area contributed by atoms with E-state index in [-0.39, 0.29) is 18.9 Å². The van der Waals surface area contributed by atoms with Crippen LogP contribution in [0.15, 0.2) is 60.7 Å². The number of benzene rings is 2. The molecule has 0 aliphatic carbocycles. The van der Waals surface area contributed by atoms with Gasteiger partial charge in [0.25, 0.3) is 0 Å². The third-order valence-corrected chi connectivity index (χ3v) is 8.64. The lowest BCUT2D eigenvalue weighted by atomic mass is 9.85. The molecule has 2 aromatic carbocycles. The number of rotatable bonds is 11. The number of quaternary nitrogens is 1. The van der Waals surface area contributed by atoms with Gasteiger partial charge in [-0.2, -0.15) is 0 Å². The van der Waals surface area contributed by atoms with Gasteiger partial charge in [-0.25, -0.2) is 4.79 Å². The first-order chi connectivity index (χ1) is 18.9. The van der Waals surface area contributed by atoms with E-state index in [0.29, 0.717) is 29.5 Å². The molecule has 0 N–H and O–H groups in total. The first-order valence-corrected chi connectivity index (χ1v) is 14.3. The third-order valence-electron chi connectivity index (χ3n) is 8.64. The Morgan fingerprint density at radius 1 is 1.00 bits per heavy atom. The Morgan fingerprint density at radius 2 is 1.59 bits per heavy atom. The molecular weight excluding hydrogens is 494 g/mol. The summed E-state index contributed by atoms with van der Waals surface area (Å²) in [7, 11) is 0. The van der Waals surface area contributed by atoms with Gasteiger partial charge in [0.2, 0.25) is 11.9 Å². The van der Waals surface area contributed by atoms with Gasteiger partial charge in [-0.3, -0.25) is 4.79 Å². The molecule has 4 unspecified atom stereocenters. The van der Waals surface area contributed by atoms with E-state index in [9.17, 15) is 14.4 Å². The number of nitrogens with zero attached hydrogens (tertiary/aromatic N) is 1. The molecule has 210 valence electrons. The second-order valence-corrected chi connectivity index (χ2v) is 11.0. The molecule has 1 spiro atoms. The fourth-order valence-corrected chi connectivity index (χ4v) is 6.78. The maximum Gasteiger partial charge on any atom is 0.348 e. The van der Waals surface area contributed by atoms with Crippen molar-refractivity contribution < 1.29 is 33.1 Å². The second-order valence-electron chi connectivity index (χ2n) is 11.0. The van der Waals surface area contributed by atoms with Gasteiger partial charge in [-0.1, -0.05) is 67.6 Å². The summed E-state index contributed by atoms with van der Waals surface area (Å²) in [6.45, 7) is 8.53. The maximum absolute atomic E-state index is 14.4. The smallest absolute Gasteiger partial charge is 0.348 e. The van der Waals surface area contributed by atoms with E-state index in [1.165, 1.54) is 25.9 Å². The van der Waals surface area contributed by atoms with Gasteiger partial charge in [-0.05, 0) is 31.4 Å². The highest BCUT2D eigenvalue weighted by Gasteiger charge is 2.52. The van der Waals surface area contributed by atoms with Gasteiger partial charge in [0.1, 0.15) is 12.4 Å². The Labute approximate surface area is 232 Å². The summed E-state index contributed by atoms with van der Waals surface area (Å²) in [5.41, 5.74) is -0.457. The first kappa shape index (κ1) is 29.0. The summed E-state index contributed by atoms with van der Waals surface area (Å²) >= 11 is 0. The van der Waals surface area contributed by atoms with Gasteiger partial charge in [0.15, 0.2) is 0 Å². The van der Waals surface area contributed by atoms with Crippen molar-refractivity contribution in [2.24, 2.45) is 0 Å². The lowest BCUT2D eigenvalue weighted by molar-refractivity contribution is -0.967. The van der Waals surface area contributed by atoms with Crippen LogP contribution in [0.2, 0.25) is 0 Å². The second kappa shape index (κ2) is 12.9. The van der Waals surface area contributed by atoms with E-state index in [4.69, 9.17) is 14.2 Å². The molecule has 2 aliphatic heterocycles. The minimum atomic E-state index is -1.64. The Bertz CT molecular complexity index is 1060. The summed E-state index contributed by atoms with van der Waals surface area (Å²) in [5, 5.41) is 0. The molecule has 7 nitrogen and oxygen atoms in total. The maximum atomic E-state index is 14.4. The van der Waals surface area contributed by atoms with Crippen LogP contribution < -0.4 is 0 Å². The molecule has 0 bridgehead atoms. The molecule has 39 heavy (non-hydrogen) atoms. The highest BCUT2D eigenvalue weighted by atomic mass is 16.7. The zero-order chi connectivity index (χ0) is 27.9. The van der Waals surface area contributed by atoms with Gasteiger partial charge in [0, 0.05) is 32.1 Å². The highest BCUT2D eigenvalue weighted by molar-refractivity contribution is 5.86. The number of piperidine rings is 1. The van der Waals surface area contributed by atoms with Crippen LogP contribution in [0.25, 0.3) is 0 Å². The van der Waals surface area contributed by atoms with Crippen molar-refractivity contribution in [1.82, 2.24) is 0 Å². The van der Waals surface area contributed by atoms with Crippen LogP contribution in [0.3, 0.4) is 0 Å². The van der Waals surface area contributed by atoms with Crippen molar-refractivity contribution in [3.05, 3.63) is 71.8 Å². The predicted molar refractivity (Wildman–Crippen MR) is 147 cm³/mol. The molecular formula is C32H42NO6+. The predicted octanol–water partition coefficient (Wildman–Crippen LogP) is 5.30. The molecule has 7 heteroatoms. The average Bonchev–Trinajstić information content (AvgIpc) is 3.44. The number of carbonyl (C=O) groups is 3. The number of esters is 2. The Hall–Kier alpha value is -3.03. The Kier molecular flexibility index (Phi) is 9.57. The van der Waals surface area contributed by atoms with Crippen molar-refractivity contribution in [1.29, 1.82) is 0 Å². The molecule has 0 radical (unpaired) electrons. The van der Waals surface area contributed by atoms with Gasteiger partial charge in [0.05, 0.1) is 31.6 Å². The number of hydrogen-bond acceptors (Lipinski definition) is 6. The Morgan fingerprint density at radius 3 is 2.13 bits per heavy atom. The molecule has 2 heterocycles. The van der Waals surface area contributed by atoms with Crippen LogP contribution in [0.4, 0.5) is 0 Å². The zero-order valence-corrected chi connectivity index (χ0v) is 23.4. The van der Waals surface area contributed by atoms with Gasteiger partial charge >= 0.3 is 11.9 Å². The van der Waals surface area contributed by atoms with Crippen LogP contribution in [0, 0.1) is 0 Å². The molecule has 2 aliphatic rings.